The van der Waals surface area contributed by atoms with E-state index in [9.17, 15) is 4.79 Å². The van der Waals surface area contributed by atoms with Gasteiger partial charge in [-0.2, -0.15) is 5.10 Å². The highest BCUT2D eigenvalue weighted by atomic mass is 32.1. The van der Waals surface area contributed by atoms with Crippen LogP contribution in [0.3, 0.4) is 0 Å². The second-order valence-electron chi connectivity index (χ2n) is 8.56. The first-order chi connectivity index (χ1) is 17.3. The highest BCUT2D eigenvalue weighted by Crippen LogP contribution is 2.33. The fourth-order valence-corrected chi connectivity index (χ4v) is 4.53. The lowest BCUT2D eigenvalue weighted by Gasteiger charge is -2.20. The van der Waals surface area contributed by atoms with Crippen LogP contribution >= 0.6 is 12.6 Å². The molecule has 10 heteroatoms. The number of terminal acetylenes is 1. The Balaban J connectivity index is 1.44. The van der Waals surface area contributed by atoms with E-state index in [2.05, 4.69) is 44.2 Å². The summed E-state index contributed by atoms with van der Waals surface area (Å²) in [6.07, 6.45) is 11.0. The number of thiol groups is 1. The quantitative estimate of drug-likeness (QED) is 0.211. The van der Waals surface area contributed by atoms with Crippen LogP contribution in [0, 0.1) is 12.3 Å². The third-order valence-electron chi connectivity index (χ3n) is 5.92. The van der Waals surface area contributed by atoms with E-state index in [1.807, 2.05) is 49.6 Å². The van der Waals surface area contributed by atoms with E-state index in [1.165, 1.54) is 7.11 Å². The number of rotatable bonds is 6. The number of benzene rings is 2. The van der Waals surface area contributed by atoms with Gasteiger partial charge >= 0.3 is 5.97 Å². The third kappa shape index (κ3) is 4.84. The molecule has 0 radical (unpaired) electrons. The molecular weight excluding hydrogens is 476 g/mol. The molecule has 4 aromatic rings. The van der Waals surface area contributed by atoms with Crippen LogP contribution in [-0.4, -0.2) is 50.3 Å². The SMILES string of the molecule is C#Cc1ccc2nc(Nc3cc(O[C@@H]4CNC(S)(C(=O)OC)C4)cc(-c4cnn(C)c4)c3)ncc2c1. The lowest BCUT2D eigenvalue weighted by atomic mass is 10.1. The minimum atomic E-state index is -1.08. The van der Waals surface area contributed by atoms with Crippen LogP contribution in [0.25, 0.3) is 22.0 Å². The Morgan fingerprint density at radius 3 is 2.89 bits per heavy atom. The van der Waals surface area contributed by atoms with Crippen molar-refractivity contribution in [3.8, 4) is 29.2 Å². The van der Waals surface area contributed by atoms with E-state index >= 15 is 0 Å². The monoisotopic (exact) mass is 500 g/mol. The Morgan fingerprint density at radius 2 is 2.14 bits per heavy atom. The Bertz CT molecular complexity index is 1500. The molecule has 0 aliphatic carbocycles. The van der Waals surface area contributed by atoms with Gasteiger partial charge in [0.1, 0.15) is 11.9 Å². The largest absolute Gasteiger partial charge is 0.489 e. The predicted octanol–water partition coefficient (Wildman–Crippen LogP) is 3.30. The van der Waals surface area contributed by atoms with Crippen molar-refractivity contribution in [2.75, 3.05) is 19.0 Å². The van der Waals surface area contributed by atoms with Gasteiger partial charge in [0.05, 0.1) is 18.8 Å². The van der Waals surface area contributed by atoms with E-state index < -0.39 is 10.8 Å². The number of anilines is 2. The molecule has 2 atom stereocenters. The average Bonchev–Trinajstić information content (AvgIpc) is 3.49. The molecule has 182 valence electrons. The van der Waals surface area contributed by atoms with Crippen LogP contribution in [-0.2, 0) is 16.6 Å². The van der Waals surface area contributed by atoms with Crippen molar-refractivity contribution in [2.24, 2.45) is 7.05 Å². The summed E-state index contributed by atoms with van der Waals surface area (Å²) in [6.45, 7) is 0.450. The van der Waals surface area contributed by atoms with E-state index in [4.69, 9.17) is 15.9 Å². The fourth-order valence-electron chi connectivity index (χ4n) is 4.15. The van der Waals surface area contributed by atoms with Gasteiger partial charge in [-0.3, -0.25) is 10.00 Å². The molecule has 36 heavy (non-hydrogen) atoms. The van der Waals surface area contributed by atoms with Gasteiger partial charge in [-0.25, -0.2) is 14.8 Å². The zero-order chi connectivity index (χ0) is 25.3. The molecule has 3 heterocycles. The van der Waals surface area contributed by atoms with Crippen molar-refractivity contribution in [3.63, 3.8) is 0 Å². The number of nitrogens with one attached hydrogen (secondary N) is 2. The first-order valence-electron chi connectivity index (χ1n) is 11.2. The first kappa shape index (κ1) is 23.7. The highest BCUT2D eigenvalue weighted by molar-refractivity contribution is 7.82. The lowest BCUT2D eigenvalue weighted by molar-refractivity contribution is -0.144. The Morgan fingerprint density at radius 1 is 1.28 bits per heavy atom. The Labute approximate surface area is 213 Å². The maximum absolute atomic E-state index is 12.1. The molecule has 1 aliphatic heterocycles. The molecule has 0 saturated carbocycles. The van der Waals surface area contributed by atoms with Crippen molar-refractivity contribution < 1.29 is 14.3 Å². The van der Waals surface area contributed by atoms with Gasteiger partial charge in [-0.1, -0.05) is 5.92 Å². The zero-order valence-corrected chi connectivity index (χ0v) is 20.6. The maximum Gasteiger partial charge on any atom is 0.336 e. The Kier molecular flexibility index (Phi) is 6.26. The summed E-state index contributed by atoms with van der Waals surface area (Å²) in [5, 5.41) is 11.5. The first-order valence-corrected chi connectivity index (χ1v) is 11.7. The number of aromatic nitrogens is 4. The molecule has 2 aromatic heterocycles. The number of methoxy groups -OCH3 is 1. The van der Waals surface area contributed by atoms with Crippen molar-refractivity contribution in [3.05, 3.63) is 60.6 Å². The summed E-state index contributed by atoms with van der Waals surface area (Å²) in [5.74, 6) is 3.24. The van der Waals surface area contributed by atoms with Crippen molar-refractivity contribution in [1.82, 2.24) is 25.1 Å². The van der Waals surface area contributed by atoms with Gasteiger partial charge in [0.2, 0.25) is 5.95 Å². The van der Waals surface area contributed by atoms with Gasteiger partial charge in [0.15, 0.2) is 4.87 Å². The predicted molar refractivity (Wildman–Crippen MR) is 140 cm³/mol. The second kappa shape index (κ2) is 9.53. The van der Waals surface area contributed by atoms with Crippen LogP contribution in [0.4, 0.5) is 11.6 Å². The number of carbonyl (C=O) groups excluding carboxylic acids is 1. The zero-order valence-electron chi connectivity index (χ0n) is 19.7. The summed E-state index contributed by atoms with van der Waals surface area (Å²) in [6, 6.07) is 11.4. The molecular formula is C26H24N6O3S. The van der Waals surface area contributed by atoms with Crippen molar-refractivity contribution >= 4 is 41.1 Å². The van der Waals surface area contributed by atoms with E-state index in [0.717, 1.165) is 33.3 Å². The molecule has 0 amide bonds. The summed E-state index contributed by atoms with van der Waals surface area (Å²) in [7, 11) is 3.20. The van der Waals surface area contributed by atoms with Gasteiger partial charge in [-0.05, 0) is 35.9 Å². The minimum Gasteiger partial charge on any atom is -0.489 e. The lowest BCUT2D eigenvalue weighted by Crippen LogP contribution is -2.42. The maximum atomic E-state index is 12.1. The number of hydrogen-bond donors (Lipinski definition) is 3. The number of esters is 1. The number of aryl methyl sites for hydroxylation is 1. The van der Waals surface area contributed by atoms with Crippen molar-refractivity contribution in [2.45, 2.75) is 17.4 Å². The molecule has 0 spiro atoms. The van der Waals surface area contributed by atoms with E-state index in [1.54, 1.807) is 17.1 Å². The standard InChI is InChI=1S/C26H24N6O3S/c1-4-16-5-6-23-18(7-16)12-27-25(31-23)30-20-8-17(19-13-29-32(2)15-19)9-21(10-20)35-22-11-26(36,28-14-22)24(33)34-3/h1,5-10,12-13,15,22,28,36H,11,14H2,2-3H3,(H,27,30,31)/t22-,26?/m0/s1. The number of fused-ring (bicyclic) bond motifs is 1. The van der Waals surface area contributed by atoms with Crippen LogP contribution in [0.15, 0.2) is 55.0 Å². The molecule has 1 saturated heterocycles. The van der Waals surface area contributed by atoms with Gasteiger partial charge in [0, 0.05) is 60.7 Å². The summed E-state index contributed by atoms with van der Waals surface area (Å²) in [5.41, 5.74) is 4.11. The molecule has 5 rings (SSSR count). The smallest absolute Gasteiger partial charge is 0.336 e. The van der Waals surface area contributed by atoms with Crippen LogP contribution < -0.4 is 15.4 Å². The molecule has 0 bridgehead atoms. The van der Waals surface area contributed by atoms with Gasteiger partial charge in [0.25, 0.3) is 0 Å². The highest BCUT2D eigenvalue weighted by Gasteiger charge is 2.44. The minimum absolute atomic E-state index is 0.277. The van der Waals surface area contributed by atoms with Crippen molar-refractivity contribution in [1.29, 1.82) is 0 Å². The second-order valence-corrected chi connectivity index (χ2v) is 9.33. The summed E-state index contributed by atoms with van der Waals surface area (Å²) < 4.78 is 12.9. The van der Waals surface area contributed by atoms with E-state index in [-0.39, 0.29) is 6.10 Å². The number of carbonyl (C=O) groups is 1. The Hall–Kier alpha value is -4.07. The fraction of sp³-hybridized carbons (Fsp3) is 0.231. The number of nitrogens with zero attached hydrogens (tertiary/aromatic N) is 4. The van der Waals surface area contributed by atoms with Gasteiger partial charge < -0.3 is 14.8 Å². The molecule has 1 aliphatic rings. The van der Waals surface area contributed by atoms with Gasteiger partial charge in [-0.15, -0.1) is 19.1 Å². The topological polar surface area (TPSA) is 103 Å². The molecule has 2 aromatic carbocycles. The molecule has 2 N–H and O–H groups in total. The summed E-state index contributed by atoms with van der Waals surface area (Å²) in [4.78, 5) is 20.1. The summed E-state index contributed by atoms with van der Waals surface area (Å²) >= 11 is 4.47. The molecule has 1 fully saturated rings. The van der Waals surface area contributed by atoms with Crippen LogP contribution in [0.2, 0.25) is 0 Å². The molecule has 1 unspecified atom stereocenters. The van der Waals surface area contributed by atoms with Crippen LogP contribution in [0.1, 0.15) is 12.0 Å². The number of hydrogen-bond acceptors (Lipinski definition) is 9. The number of ether oxygens (including phenoxy) is 2. The van der Waals surface area contributed by atoms with Crippen LogP contribution in [0.5, 0.6) is 5.75 Å². The van der Waals surface area contributed by atoms with E-state index in [0.29, 0.717) is 24.7 Å². The average molecular weight is 501 g/mol. The third-order valence-corrected chi connectivity index (χ3v) is 6.44. The normalized spacial score (nSPS) is 19.1. The molecule has 9 nitrogen and oxygen atoms in total.